The van der Waals surface area contributed by atoms with Crippen molar-refractivity contribution in [3.63, 3.8) is 0 Å². The molecule has 0 saturated heterocycles. The number of nitrogens with one attached hydrogen (secondary N) is 1. The van der Waals surface area contributed by atoms with Crippen LogP contribution in [0.25, 0.3) is 0 Å². The minimum Gasteiger partial charge on any atom is -0.392 e. The molecule has 0 radical (unpaired) electrons. The van der Waals surface area contributed by atoms with Gasteiger partial charge >= 0.3 is 0 Å². The third-order valence-corrected chi connectivity index (χ3v) is 2.47. The molecular formula is C12H19NO. The van der Waals surface area contributed by atoms with Crippen LogP contribution < -0.4 is 5.32 Å². The molecule has 0 aromatic heterocycles. The standard InChI is InChI=1S/C12H19NO/c1-9-5-4-6-12(11(9)3)8-13-7-10(2)14/h4-6,10,13-14H,7-8H2,1-3H3/t10-/m0/s1. The molecular weight excluding hydrogens is 174 g/mol. The van der Waals surface area contributed by atoms with E-state index in [1.54, 1.807) is 6.92 Å². The molecule has 0 spiro atoms. The van der Waals surface area contributed by atoms with Gasteiger partial charge in [0.15, 0.2) is 0 Å². The molecule has 0 fully saturated rings. The van der Waals surface area contributed by atoms with Crippen molar-refractivity contribution < 1.29 is 5.11 Å². The van der Waals surface area contributed by atoms with Gasteiger partial charge in [0.05, 0.1) is 6.10 Å². The van der Waals surface area contributed by atoms with E-state index in [0.717, 1.165) is 6.54 Å². The highest BCUT2D eigenvalue weighted by atomic mass is 16.3. The van der Waals surface area contributed by atoms with Crippen LogP contribution in [0.15, 0.2) is 18.2 Å². The Labute approximate surface area is 86.0 Å². The Hall–Kier alpha value is -0.860. The van der Waals surface area contributed by atoms with Gasteiger partial charge in [0.1, 0.15) is 0 Å². The first-order valence-electron chi connectivity index (χ1n) is 5.05. The van der Waals surface area contributed by atoms with Gasteiger partial charge in [-0.1, -0.05) is 18.2 Å². The fourth-order valence-corrected chi connectivity index (χ4v) is 1.42. The van der Waals surface area contributed by atoms with Crippen LogP contribution in [0.2, 0.25) is 0 Å². The largest absolute Gasteiger partial charge is 0.392 e. The zero-order valence-electron chi connectivity index (χ0n) is 9.17. The molecule has 1 aromatic carbocycles. The number of aliphatic hydroxyl groups excluding tert-OH is 1. The Balaban J connectivity index is 2.54. The Kier molecular flexibility index (Phi) is 4.11. The summed E-state index contributed by atoms with van der Waals surface area (Å²) in [5.74, 6) is 0. The summed E-state index contributed by atoms with van der Waals surface area (Å²) in [7, 11) is 0. The minimum atomic E-state index is -0.278. The smallest absolute Gasteiger partial charge is 0.0636 e. The first-order valence-corrected chi connectivity index (χ1v) is 5.05. The van der Waals surface area contributed by atoms with E-state index in [9.17, 15) is 0 Å². The van der Waals surface area contributed by atoms with Crippen LogP contribution in [0.1, 0.15) is 23.6 Å². The predicted molar refractivity (Wildman–Crippen MR) is 59.3 cm³/mol. The lowest BCUT2D eigenvalue weighted by atomic mass is 10.0. The molecule has 1 atom stereocenters. The van der Waals surface area contributed by atoms with Crippen LogP contribution in [0.5, 0.6) is 0 Å². The van der Waals surface area contributed by atoms with Gasteiger partial charge in [0.2, 0.25) is 0 Å². The van der Waals surface area contributed by atoms with Crippen LogP contribution in [0.4, 0.5) is 0 Å². The van der Waals surface area contributed by atoms with Gasteiger partial charge in [0, 0.05) is 13.1 Å². The molecule has 0 amide bonds. The van der Waals surface area contributed by atoms with Gasteiger partial charge in [-0.3, -0.25) is 0 Å². The first kappa shape index (κ1) is 11.2. The van der Waals surface area contributed by atoms with Gasteiger partial charge in [0.25, 0.3) is 0 Å². The molecule has 0 bridgehead atoms. The Bertz CT molecular complexity index is 294. The molecule has 2 nitrogen and oxygen atoms in total. The van der Waals surface area contributed by atoms with E-state index in [-0.39, 0.29) is 6.10 Å². The van der Waals surface area contributed by atoms with E-state index in [2.05, 4.69) is 37.4 Å². The topological polar surface area (TPSA) is 32.3 Å². The van der Waals surface area contributed by atoms with Crippen molar-refractivity contribution in [1.29, 1.82) is 0 Å². The number of hydrogen-bond acceptors (Lipinski definition) is 2. The van der Waals surface area contributed by atoms with Crippen molar-refractivity contribution in [3.8, 4) is 0 Å². The number of benzene rings is 1. The molecule has 1 aromatic rings. The summed E-state index contributed by atoms with van der Waals surface area (Å²) in [5.41, 5.74) is 3.97. The number of aliphatic hydroxyl groups is 1. The van der Waals surface area contributed by atoms with Crippen LogP contribution in [0, 0.1) is 13.8 Å². The second kappa shape index (κ2) is 5.13. The van der Waals surface area contributed by atoms with Crippen LogP contribution in [0.3, 0.4) is 0 Å². The van der Waals surface area contributed by atoms with Gasteiger partial charge in [-0.25, -0.2) is 0 Å². The Morgan fingerprint density at radius 1 is 1.36 bits per heavy atom. The molecule has 2 N–H and O–H groups in total. The molecule has 0 heterocycles. The second-order valence-electron chi connectivity index (χ2n) is 3.84. The molecule has 0 aliphatic rings. The average Bonchev–Trinajstić information content (AvgIpc) is 2.12. The zero-order chi connectivity index (χ0) is 10.6. The maximum Gasteiger partial charge on any atom is 0.0636 e. The summed E-state index contributed by atoms with van der Waals surface area (Å²) in [6.45, 7) is 7.52. The highest BCUT2D eigenvalue weighted by molar-refractivity contribution is 5.32. The fourth-order valence-electron chi connectivity index (χ4n) is 1.42. The van der Waals surface area contributed by atoms with Crippen molar-refractivity contribution in [1.82, 2.24) is 5.32 Å². The zero-order valence-corrected chi connectivity index (χ0v) is 9.17. The van der Waals surface area contributed by atoms with Crippen molar-refractivity contribution in [3.05, 3.63) is 34.9 Å². The molecule has 2 heteroatoms. The summed E-state index contributed by atoms with van der Waals surface area (Å²) in [6, 6.07) is 6.31. The van der Waals surface area contributed by atoms with Crippen LogP contribution in [-0.4, -0.2) is 17.8 Å². The lowest BCUT2D eigenvalue weighted by Gasteiger charge is -2.10. The van der Waals surface area contributed by atoms with E-state index >= 15 is 0 Å². The highest BCUT2D eigenvalue weighted by Crippen LogP contribution is 2.11. The molecule has 78 valence electrons. The molecule has 0 aliphatic carbocycles. The lowest BCUT2D eigenvalue weighted by molar-refractivity contribution is 0.191. The summed E-state index contributed by atoms with van der Waals surface area (Å²) < 4.78 is 0. The van der Waals surface area contributed by atoms with Crippen LogP contribution in [-0.2, 0) is 6.54 Å². The minimum absolute atomic E-state index is 0.278. The molecule has 1 rings (SSSR count). The molecule has 0 saturated carbocycles. The van der Waals surface area contributed by atoms with E-state index in [4.69, 9.17) is 5.11 Å². The third-order valence-electron chi connectivity index (χ3n) is 2.47. The van der Waals surface area contributed by atoms with Crippen LogP contribution >= 0.6 is 0 Å². The summed E-state index contributed by atoms with van der Waals surface area (Å²) >= 11 is 0. The maximum atomic E-state index is 9.09. The highest BCUT2D eigenvalue weighted by Gasteiger charge is 2.00. The first-order chi connectivity index (χ1) is 6.61. The Morgan fingerprint density at radius 2 is 2.07 bits per heavy atom. The van der Waals surface area contributed by atoms with E-state index in [1.807, 2.05) is 0 Å². The summed E-state index contributed by atoms with van der Waals surface area (Å²) in [5, 5.41) is 12.3. The van der Waals surface area contributed by atoms with Crippen molar-refractivity contribution >= 4 is 0 Å². The monoisotopic (exact) mass is 193 g/mol. The van der Waals surface area contributed by atoms with Gasteiger partial charge < -0.3 is 10.4 Å². The molecule has 0 aliphatic heterocycles. The molecule has 14 heavy (non-hydrogen) atoms. The van der Waals surface area contributed by atoms with Gasteiger partial charge in [-0.05, 0) is 37.5 Å². The van der Waals surface area contributed by atoms with Crippen molar-refractivity contribution in [2.24, 2.45) is 0 Å². The van der Waals surface area contributed by atoms with E-state index in [1.165, 1.54) is 16.7 Å². The third kappa shape index (κ3) is 3.13. The Morgan fingerprint density at radius 3 is 2.71 bits per heavy atom. The number of hydrogen-bond donors (Lipinski definition) is 2. The SMILES string of the molecule is Cc1cccc(CNC[C@H](C)O)c1C. The number of rotatable bonds is 4. The van der Waals surface area contributed by atoms with Crippen molar-refractivity contribution in [2.75, 3.05) is 6.54 Å². The maximum absolute atomic E-state index is 9.09. The quantitative estimate of drug-likeness (QED) is 0.764. The normalized spacial score (nSPS) is 12.9. The van der Waals surface area contributed by atoms with E-state index in [0.29, 0.717) is 6.54 Å². The second-order valence-corrected chi connectivity index (χ2v) is 3.84. The van der Waals surface area contributed by atoms with Crippen molar-refractivity contribution in [2.45, 2.75) is 33.4 Å². The van der Waals surface area contributed by atoms with Gasteiger partial charge in [-0.2, -0.15) is 0 Å². The fraction of sp³-hybridized carbons (Fsp3) is 0.500. The number of aryl methyl sites for hydroxylation is 1. The van der Waals surface area contributed by atoms with E-state index < -0.39 is 0 Å². The molecule has 0 unspecified atom stereocenters. The lowest BCUT2D eigenvalue weighted by Crippen LogP contribution is -2.24. The van der Waals surface area contributed by atoms with Gasteiger partial charge in [-0.15, -0.1) is 0 Å². The summed E-state index contributed by atoms with van der Waals surface area (Å²) in [6.07, 6.45) is -0.278. The predicted octanol–water partition coefficient (Wildman–Crippen LogP) is 1.77. The summed E-state index contributed by atoms with van der Waals surface area (Å²) in [4.78, 5) is 0. The average molecular weight is 193 g/mol.